The Morgan fingerprint density at radius 3 is 2.93 bits per heavy atom. The van der Waals surface area contributed by atoms with E-state index in [0.29, 0.717) is 36.1 Å². The Labute approximate surface area is 175 Å². The number of anilines is 1. The van der Waals surface area contributed by atoms with Crippen LogP contribution < -0.4 is 10.1 Å². The molecule has 0 saturated carbocycles. The molecule has 2 amide bonds. The van der Waals surface area contributed by atoms with Crippen LogP contribution in [0.4, 0.5) is 5.82 Å². The van der Waals surface area contributed by atoms with Gasteiger partial charge in [-0.2, -0.15) is 4.99 Å². The van der Waals surface area contributed by atoms with Crippen LogP contribution in [0.2, 0.25) is 0 Å². The minimum atomic E-state index is -0.281. The monoisotopic (exact) mass is 434 g/mol. The number of hydrogen-bond donors (Lipinski definition) is 1. The van der Waals surface area contributed by atoms with Crippen LogP contribution in [0.1, 0.15) is 12.7 Å². The number of hydrogen-bond acceptors (Lipinski definition) is 7. The summed E-state index contributed by atoms with van der Waals surface area (Å²) in [6, 6.07) is 9.56. The Balaban J connectivity index is 1.61. The summed E-state index contributed by atoms with van der Waals surface area (Å²) < 4.78 is 13.4. The van der Waals surface area contributed by atoms with E-state index in [1.807, 2.05) is 35.8 Å². The van der Waals surface area contributed by atoms with Gasteiger partial charge in [-0.1, -0.05) is 28.6 Å². The lowest BCUT2D eigenvalue weighted by Gasteiger charge is -2.05. The van der Waals surface area contributed by atoms with Gasteiger partial charge in [-0.3, -0.25) is 9.59 Å². The minimum absolute atomic E-state index is 0.116. The van der Waals surface area contributed by atoms with Crippen molar-refractivity contribution in [3.63, 3.8) is 0 Å². The molecule has 0 saturated heterocycles. The Morgan fingerprint density at radius 2 is 2.17 bits per heavy atom. The van der Waals surface area contributed by atoms with Crippen LogP contribution in [0.3, 0.4) is 0 Å². The van der Waals surface area contributed by atoms with Crippen molar-refractivity contribution in [3.8, 4) is 0 Å². The molecule has 2 heterocycles. The fourth-order valence-corrected chi connectivity index (χ4v) is 4.27. The highest BCUT2D eigenvalue weighted by atomic mass is 32.2. The van der Waals surface area contributed by atoms with Gasteiger partial charge in [0.2, 0.25) is 5.91 Å². The molecule has 1 N–H and O–H groups in total. The Morgan fingerprint density at radius 1 is 1.34 bits per heavy atom. The number of carbonyl (C=O) groups excluding carboxylic acids is 2. The molecule has 0 bridgehead atoms. The fourth-order valence-electron chi connectivity index (χ4n) is 2.60. The number of thiazole rings is 1. The SMILES string of the molecule is CCOCCn1c(=NC(=O)CSCC(=O)Nc2cc(C)on2)sc2ccccc21. The number of benzene rings is 1. The van der Waals surface area contributed by atoms with Gasteiger partial charge in [-0.05, 0) is 26.0 Å². The number of fused-ring (bicyclic) bond motifs is 1. The highest BCUT2D eigenvalue weighted by Gasteiger charge is 2.10. The van der Waals surface area contributed by atoms with E-state index in [-0.39, 0.29) is 23.3 Å². The van der Waals surface area contributed by atoms with Crippen molar-refractivity contribution in [2.24, 2.45) is 4.99 Å². The van der Waals surface area contributed by atoms with E-state index in [9.17, 15) is 9.59 Å². The first-order valence-electron chi connectivity index (χ1n) is 9.11. The normalized spacial score (nSPS) is 11.9. The minimum Gasteiger partial charge on any atom is -0.380 e. The fraction of sp³-hybridized carbons (Fsp3) is 0.368. The summed E-state index contributed by atoms with van der Waals surface area (Å²) in [5.74, 6) is 0.698. The maximum Gasteiger partial charge on any atom is 0.258 e. The van der Waals surface area contributed by atoms with Crippen LogP contribution in [0.15, 0.2) is 39.8 Å². The second-order valence-electron chi connectivity index (χ2n) is 6.07. The molecule has 0 aliphatic heterocycles. The summed E-state index contributed by atoms with van der Waals surface area (Å²) in [5.41, 5.74) is 1.03. The quantitative estimate of drug-likeness (QED) is 0.520. The van der Waals surface area contributed by atoms with Crippen molar-refractivity contribution in [2.45, 2.75) is 20.4 Å². The summed E-state index contributed by atoms with van der Waals surface area (Å²) >= 11 is 2.67. The van der Waals surface area contributed by atoms with E-state index in [0.717, 1.165) is 10.2 Å². The molecule has 0 radical (unpaired) electrons. The van der Waals surface area contributed by atoms with Gasteiger partial charge in [0, 0.05) is 19.2 Å². The van der Waals surface area contributed by atoms with E-state index in [4.69, 9.17) is 9.26 Å². The zero-order valence-electron chi connectivity index (χ0n) is 16.2. The van der Waals surface area contributed by atoms with Crippen LogP contribution in [0, 0.1) is 6.92 Å². The van der Waals surface area contributed by atoms with Crippen LogP contribution in [-0.2, 0) is 20.9 Å². The molecule has 10 heteroatoms. The van der Waals surface area contributed by atoms with Crippen LogP contribution in [-0.4, -0.2) is 46.3 Å². The van der Waals surface area contributed by atoms with Gasteiger partial charge in [0.15, 0.2) is 10.6 Å². The summed E-state index contributed by atoms with van der Waals surface area (Å²) in [4.78, 5) is 29.1. The third kappa shape index (κ3) is 6.02. The lowest BCUT2D eigenvalue weighted by atomic mass is 10.3. The molecule has 0 unspecified atom stereocenters. The number of amides is 2. The smallest absolute Gasteiger partial charge is 0.258 e. The first kappa shape index (κ1) is 21.3. The highest BCUT2D eigenvalue weighted by molar-refractivity contribution is 8.00. The van der Waals surface area contributed by atoms with Gasteiger partial charge >= 0.3 is 0 Å². The number of ether oxygens (including phenoxy) is 1. The molecule has 0 aliphatic carbocycles. The number of aryl methyl sites for hydroxylation is 1. The topological polar surface area (TPSA) is 98.7 Å². The van der Waals surface area contributed by atoms with Gasteiger partial charge in [-0.25, -0.2) is 0 Å². The van der Waals surface area contributed by atoms with Gasteiger partial charge in [0.25, 0.3) is 5.91 Å². The molecule has 0 fully saturated rings. The van der Waals surface area contributed by atoms with E-state index >= 15 is 0 Å². The number of para-hydroxylation sites is 1. The van der Waals surface area contributed by atoms with Crippen molar-refractivity contribution in [1.82, 2.24) is 9.72 Å². The number of nitrogens with one attached hydrogen (secondary N) is 1. The molecule has 2 aromatic heterocycles. The first-order valence-corrected chi connectivity index (χ1v) is 11.1. The van der Waals surface area contributed by atoms with Crippen molar-refractivity contribution in [2.75, 3.05) is 30.0 Å². The molecule has 8 nitrogen and oxygen atoms in total. The number of aromatic nitrogens is 2. The zero-order chi connectivity index (χ0) is 20.6. The molecule has 154 valence electrons. The molecule has 3 aromatic rings. The molecule has 0 aliphatic rings. The second-order valence-corrected chi connectivity index (χ2v) is 8.06. The van der Waals surface area contributed by atoms with E-state index < -0.39 is 0 Å². The zero-order valence-corrected chi connectivity index (χ0v) is 17.8. The summed E-state index contributed by atoms with van der Waals surface area (Å²) in [7, 11) is 0. The molecule has 3 rings (SSSR count). The molecule has 0 atom stereocenters. The lowest BCUT2D eigenvalue weighted by molar-refractivity contribution is -0.115. The Bertz CT molecular complexity index is 1050. The number of nitrogens with zero attached hydrogens (tertiary/aromatic N) is 3. The number of thioether (sulfide) groups is 1. The van der Waals surface area contributed by atoms with Crippen LogP contribution >= 0.6 is 23.1 Å². The molecule has 29 heavy (non-hydrogen) atoms. The van der Waals surface area contributed by atoms with Gasteiger partial charge < -0.3 is 19.1 Å². The third-order valence-electron chi connectivity index (χ3n) is 3.83. The molecule has 1 aromatic carbocycles. The van der Waals surface area contributed by atoms with Crippen molar-refractivity contribution in [1.29, 1.82) is 0 Å². The van der Waals surface area contributed by atoms with E-state index in [1.54, 1.807) is 13.0 Å². The summed E-state index contributed by atoms with van der Waals surface area (Å²) in [5, 5.41) is 6.32. The van der Waals surface area contributed by atoms with Crippen LogP contribution in [0.25, 0.3) is 10.2 Å². The second kappa shape index (κ2) is 10.4. The molecule has 0 spiro atoms. The predicted octanol–water partition coefficient (Wildman–Crippen LogP) is 2.83. The summed E-state index contributed by atoms with van der Waals surface area (Å²) in [6.45, 7) is 5.50. The standard InChI is InChI=1S/C19H22N4O4S2/c1-3-26-9-8-23-14-6-4-5-7-15(14)29-19(23)21-18(25)12-28-11-17(24)20-16-10-13(2)27-22-16/h4-7,10H,3,8-9,11-12H2,1-2H3,(H,20,22,24). The van der Waals surface area contributed by atoms with E-state index in [1.165, 1.54) is 23.1 Å². The highest BCUT2D eigenvalue weighted by Crippen LogP contribution is 2.16. The van der Waals surface area contributed by atoms with Gasteiger partial charge in [0.1, 0.15) is 5.76 Å². The van der Waals surface area contributed by atoms with E-state index in [2.05, 4.69) is 15.5 Å². The third-order valence-corrected chi connectivity index (χ3v) is 5.80. The Hall–Kier alpha value is -2.43. The number of carbonyl (C=O) groups is 2. The molecular weight excluding hydrogens is 412 g/mol. The first-order chi connectivity index (χ1) is 14.1. The molecular formula is C19H22N4O4S2. The largest absolute Gasteiger partial charge is 0.380 e. The van der Waals surface area contributed by atoms with Crippen molar-refractivity contribution < 1.29 is 18.8 Å². The average molecular weight is 435 g/mol. The van der Waals surface area contributed by atoms with Crippen LogP contribution in [0.5, 0.6) is 0 Å². The lowest BCUT2D eigenvalue weighted by Crippen LogP contribution is -2.20. The maximum atomic E-state index is 12.3. The van der Waals surface area contributed by atoms with Crippen molar-refractivity contribution in [3.05, 3.63) is 40.9 Å². The van der Waals surface area contributed by atoms with Gasteiger partial charge in [-0.15, -0.1) is 11.8 Å². The maximum absolute atomic E-state index is 12.3. The Kier molecular flexibility index (Phi) is 7.62. The number of rotatable bonds is 9. The van der Waals surface area contributed by atoms with Crippen molar-refractivity contribution >= 4 is 50.9 Å². The average Bonchev–Trinajstić information content (AvgIpc) is 3.25. The summed E-state index contributed by atoms with van der Waals surface area (Å²) in [6.07, 6.45) is 0. The van der Waals surface area contributed by atoms with Gasteiger partial charge in [0.05, 0.1) is 28.3 Å². The predicted molar refractivity (Wildman–Crippen MR) is 114 cm³/mol.